The van der Waals surface area contributed by atoms with Crippen molar-refractivity contribution in [2.75, 3.05) is 6.54 Å². The lowest BCUT2D eigenvalue weighted by atomic mass is 10.2. The van der Waals surface area contributed by atoms with Gasteiger partial charge in [-0.3, -0.25) is 4.98 Å². The molecule has 0 bridgehead atoms. The molecule has 0 aliphatic carbocycles. The molecule has 3 aromatic rings. The Balaban J connectivity index is 2.26. The van der Waals surface area contributed by atoms with Gasteiger partial charge in [0.1, 0.15) is 11.3 Å². The van der Waals surface area contributed by atoms with Crippen LogP contribution in [0.5, 0.6) is 0 Å². The van der Waals surface area contributed by atoms with Crippen LogP contribution >= 0.6 is 0 Å². The number of para-hydroxylation sites is 1. The average molecular weight is 268 g/mol. The highest BCUT2D eigenvalue weighted by atomic mass is 15.1. The SMILES string of the molecule is CCCCc1nc2cnc3ccccc3c2n1CCN. The normalized spacial score (nSPS) is 11.5. The highest BCUT2D eigenvalue weighted by Gasteiger charge is 2.13. The Morgan fingerprint density at radius 1 is 1.20 bits per heavy atom. The molecule has 1 aromatic carbocycles. The number of fused-ring (bicyclic) bond motifs is 3. The fourth-order valence-corrected chi connectivity index (χ4v) is 2.71. The van der Waals surface area contributed by atoms with E-state index in [2.05, 4.69) is 28.6 Å². The highest BCUT2D eigenvalue weighted by molar-refractivity contribution is 6.02. The van der Waals surface area contributed by atoms with Gasteiger partial charge in [-0.15, -0.1) is 0 Å². The smallest absolute Gasteiger partial charge is 0.109 e. The van der Waals surface area contributed by atoms with E-state index in [0.717, 1.165) is 41.6 Å². The molecule has 4 heteroatoms. The maximum atomic E-state index is 5.79. The Kier molecular flexibility index (Phi) is 3.65. The predicted molar refractivity (Wildman–Crippen MR) is 82.7 cm³/mol. The molecule has 0 unspecified atom stereocenters. The summed E-state index contributed by atoms with van der Waals surface area (Å²) in [6, 6.07) is 8.22. The van der Waals surface area contributed by atoms with Crippen LogP contribution in [0.25, 0.3) is 21.9 Å². The van der Waals surface area contributed by atoms with Crippen LogP contribution in [0.2, 0.25) is 0 Å². The van der Waals surface area contributed by atoms with Crippen molar-refractivity contribution >= 4 is 21.9 Å². The second-order valence-electron chi connectivity index (χ2n) is 5.08. The lowest BCUT2D eigenvalue weighted by Crippen LogP contribution is -2.12. The fourth-order valence-electron chi connectivity index (χ4n) is 2.71. The standard InChI is InChI=1S/C16H20N4/c1-2-3-8-15-19-14-11-18-13-7-5-4-6-12(13)16(14)20(15)10-9-17/h4-7,11H,2-3,8-10,17H2,1H3. The van der Waals surface area contributed by atoms with E-state index >= 15 is 0 Å². The maximum Gasteiger partial charge on any atom is 0.109 e. The second-order valence-corrected chi connectivity index (χ2v) is 5.08. The predicted octanol–water partition coefficient (Wildman–Crippen LogP) is 2.89. The molecular formula is C16H20N4. The molecule has 2 N–H and O–H groups in total. The largest absolute Gasteiger partial charge is 0.329 e. The molecule has 0 aliphatic heterocycles. The van der Waals surface area contributed by atoms with E-state index in [1.165, 1.54) is 11.9 Å². The molecule has 2 aromatic heterocycles. The van der Waals surface area contributed by atoms with Crippen LogP contribution in [0.4, 0.5) is 0 Å². The molecular weight excluding hydrogens is 248 g/mol. The summed E-state index contributed by atoms with van der Waals surface area (Å²) in [4.78, 5) is 9.26. The molecule has 0 saturated heterocycles. The summed E-state index contributed by atoms with van der Waals surface area (Å²) in [5.41, 5.74) is 8.95. The lowest BCUT2D eigenvalue weighted by Gasteiger charge is -2.08. The van der Waals surface area contributed by atoms with Crippen LogP contribution in [0.3, 0.4) is 0 Å². The minimum absolute atomic E-state index is 0.626. The minimum atomic E-state index is 0.626. The van der Waals surface area contributed by atoms with Crippen molar-refractivity contribution in [3.8, 4) is 0 Å². The van der Waals surface area contributed by atoms with Gasteiger partial charge in [0.2, 0.25) is 0 Å². The van der Waals surface area contributed by atoms with E-state index in [1.54, 1.807) is 0 Å². The van der Waals surface area contributed by atoms with E-state index in [1.807, 2.05) is 18.3 Å². The van der Waals surface area contributed by atoms with Crippen molar-refractivity contribution < 1.29 is 0 Å². The number of hydrogen-bond donors (Lipinski definition) is 1. The van der Waals surface area contributed by atoms with Crippen LogP contribution < -0.4 is 5.73 Å². The molecule has 2 heterocycles. The van der Waals surface area contributed by atoms with Crippen molar-refractivity contribution in [3.63, 3.8) is 0 Å². The number of imidazole rings is 1. The Morgan fingerprint density at radius 2 is 2.05 bits per heavy atom. The van der Waals surface area contributed by atoms with Crippen LogP contribution in [0, 0.1) is 0 Å². The van der Waals surface area contributed by atoms with Crippen LogP contribution in [0.1, 0.15) is 25.6 Å². The first kappa shape index (κ1) is 13.1. The highest BCUT2D eigenvalue weighted by Crippen LogP contribution is 2.25. The molecule has 20 heavy (non-hydrogen) atoms. The van der Waals surface area contributed by atoms with E-state index < -0.39 is 0 Å². The van der Waals surface area contributed by atoms with Gasteiger partial charge in [-0.05, 0) is 12.5 Å². The lowest BCUT2D eigenvalue weighted by molar-refractivity contribution is 0.652. The number of hydrogen-bond acceptors (Lipinski definition) is 3. The Labute approximate surface area is 118 Å². The summed E-state index contributed by atoms with van der Waals surface area (Å²) < 4.78 is 2.27. The molecule has 0 saturated carbocycles. The summed E-state index contributed by atoms with van der Waals surface area (Å²) in [5.74, 6) is 1.13. The third-order valence-electron chi connectivity index (χ3n) is 3.67. The second kappa shape index (κ2) is 5.59. The minimum Gasteiger partial charge on any atom is -0.329 e. The quantitative estimate of drug-likeness (QED) is 0.774. The monoisotopic (exact) mass is 268 g/mol. The molecule has 0 spiro atoms. The van der Waals surface area contributed by atoms with Crippen LogP contribution in [-0.2, 0) is 13.0 Å². The summed E-state index contributed by atoms with van der Waals surface area (Å²) in [5, 5.41) is 1.16. The summed E-state index contributed by atoms with van der Waals surface area (Å²) >= 11 is 0. The van der Waals surface area contributed by atoms with Gasteiger partial charge in [0.15, 0.2) is 0 Å². The van der Waals surface area contributed by atoms with Gasteiger partial charge >= 0.3 is 0 Å². The zero-order valence-corrected chi connectivity index (χ0v) is 11.8. The van der Waals surface area contributed by atoms with E-state index in [9.17, 15) is 0 Å². The van der Waals surface area contributed by atoms with Gasteiger partial charge in [-0.25, -0.2) is 4.98 Å². The van der Waals surface area contributed by atoms with Gasteiger partial charge in [0.05, 0.1) is 17.2 Å². The van der Waals surface area contributed by atoms with Gasteiger partial charge in [-0.2, -0.15) is 0 Å². The molecule has 104 valence electrons. The number of unbranched alkanes of at least 4 members (excludes halogenated alkanes) is 1. The molecule has 4 nitrogen and oxygen atoms in total. The van der Waals surface area contributed by atoms with Gasteiger partial charge in [0, 0.05) is 24.9 Å². The van der Waals surface area contributed by atoms with E-state index in [-0.39, 0.29) is 0 Å². The third-order valence-corrected chi connectivity index (χ3v) is 3.67. The van der Waals surface area contributed by atoms with Crippen molar-refractivity contribution in [3.05, 3.63) is 36.3 Å². The first-order valence-electron chi connectivity index (χ1n) is 7.28. The van der Waals surface area contributed by atoms with E-state index in [4.69, 9.17) is 10.7 Å². The van der Waals surface area contributed by atoms with Gasteiger partial charge in [0.25, 0.3) is 0 Å². The van der Waals surface area contributed by atoms with Crippen molar-refractivity contribution in [1.82, 2.24) is 14.5 Å². The Hall–Kier alpha value is -1.94. The van der Waals surface area contributed by atoms with Crippen LogP contribution in [-0.4, -0.2) is 21.1 Å². The van der Waals surface area contributed by atoms with Gasteiger partial charge in [-0.1, -0.05) is 31.5 Å². The Bertz CT molecular complexity index is 730. The first-order chi connectivity index (χ1) is 9.85. The number of pyridine rings is 1. The maximum absolute atomic E-state index is 5.79. The number of aromatic nitrogens is 3. The van der Waals surface area contributed by atoms with Crippen molar-refractivity contribution in [1.29, 1.82) is 0 Å². The average Bonchev–Trinajstić information content (AvgIpc) is 2.84. The summed E-state index contributed by atoms with van der Waals surface area (Å²) in [6.45, 7) is 3.64. The summed E-state index contributed by atoms with van der Waals surface area (Å²) in [7, 11) is 0. The van der Waals surface area contributed by atoms with Gasteiger partial charge < -0.3 is 10.3 Å². The molecule has 0 amide bonds. The fraction of sp³-hybridized carbons (Fsp3) is 0.375. The molecule has 0 aliphatic rings. The number of rotatable bonds is 5. The number of benzene rings is 1. The number of nitrogens with two attached hydrogens (primary N) is 1. The molecule has 3 rings (SSSR count). The topological polar surface area (TPSA) is 56.7 Å². The van der Waals surface area contributed by atoms with E-state index in [0.29, 0.717) is 6.54 Å². The van der Waals surface area contributed by atoms with Crippen LogP contribution in [0.15, 0.2) is 30.5 Å². The molecule has 0 radical (unpaired) electrons. The molecule has 0 fully saturated rings. The summed E-state index contributed by atoms with van der Waals surface area (Å²) in [6.07, 6.45) is 5.20. The number of aryl methyl sites for hydroxylation is 1. The van der Waals surface area contributed by atoms with Crippen molar-refractivity contribution in [2.45, 2.75) is 32.7 Å². The third kappa shape index (κ3) is 2.16. The first-order valence-corrected chi connectivity index (χ1v) is 7.28. The number of nitrogens with zero attached hydrogens (tertiary/aromatic N) is 3. The zero-order valence-electron chi connectivity index (χ0n) is 11.8. The zero-order chi connectivity index (χ0) is 13.9. The molecule has 0 atom stereocenters. The Morgan fingerprint density at radius 3 is 2.85 bits per heavy atom. The van der Waals surface area contributed by atoms with Crippen molar-refractivity contribution in [2.24, 2.45) is 5.73 Å².